The molecule has 3 heteroatoms. The summed E-state index contributed by atoms with van der Waals surface area (Å²) < 4.78 is 0. The summed E-state index contributed by atoms with van der Waals surface area (Å²) in [6, 6.07) is 7.85. The number of hydrogen-bond donors (Lipinski definition) is 1. The van der Waals surface area contributed by atoms with Crippen LogP contribution in [0, 0.1) is 0 Å². The lowest BCUT2D eigenvalue weighted by molar-refractivity contribution is 0.398. The van der Waals surface area contributed by atoms with E-state index in [1.54, 1.807) is 0 Å². The van der Waals surface area contributed by atoms with Gasteiger partial charge in [-0.2, -0.15) is 0 Å². The highest BCUT2D eigenvalue weighted by atomic mass is 16.1. The first-order valence-electron chi connectivity index (χ1n) is 9.41. The van der Waals surface area contributed by atoms with Crippen LogP contribution in [0.3, 0.4) is 0 Å². The molecule has 1 heterocycles. The summed E-state index contributed by atoms with van der Waals surface area (Å²) in [5, 5.41) is 0.803. The zero-order valence-corrected chi connectivity index (χ0v) is 15.5. The number of pyridine rings is 1. The van der Waals surface area contributed by atoms with Crippen molar-refractivity contribution in [3.05, 3.63) is 45.7 Å². The molecule has 0 aliphatic carbocycles. The highest BCUT2D eigenvalue weighted by Crippen LogP contribution is 2.16. The van der Waals surface area contributed by atoms with Crippen molar-refractivity contribution in [1.82, 2.24) is 9.88 Å². The van der Waals surface area contributed by atoms with Crippen LogP contribution in [-0.2, 0) is 13.0 Å². The van der Waals surface area contributed by atoms with E-state index in [1.807, 2.05) is 38.4 Å². The molecule has 0 fully saturated rings. The third-order valence-corrected chi connectivity index (χ3v) is 4.60. The van der Waals surface area contributed by atoms with E-state index in [1.165, 1.54) is 38.5 Å². The van der Waals surface area contributed by atoms with Gasteiger partial charge in [-0.15, -0.1) is 0 Å². The number of unbranched alkanes of at least 4 members (excludes halogenated alkanes) is 6. The van der Waals surface area contributed by atoms with Gasteiger partial charge in [-0.05, 0) is 39.1 Å². The van der Waals surface area contributed by atoms with Crippen LogP contribution in [0.1, 0.15) is 63.1 Å². The molecule has 0 bridgehead atoms. The molecule has 0 saturated carbocycles. The molecule has 1 aromatic heterocycles. The van der Waals surface area contributed by atoms with Crippen molar-refractivity contribution in [2.45, 2.75) is 64.8 Å². The molecular weight excluding hydrogens is 296 g/mol. The minimum Gasteiger partial charge on any atom is -0.358 e. The Morgan fingerprint density at radius 2 is 1.62 bits per heavy atom. The maximum atomic E-state index is 12.8. The van der Waals surface area contributed by atoms with Crippen LogP contribution in [0.2, 0.25) is 0 Å². The molecule has 1 aromatic carbocycles. The average molecular weight is 329 g/mol. The van der Waals surface area contributed by atoms with Gasteiger partial charge in [0.15, 0.2) is 5.43 Å². The van der Waals surface area contributed by atoms with E-state index >= 15 is 0 Å². The normalized spacial score (nSPS) is 11.5. The SMILES string of the molecule is CCCCCCCCCc1[nH]c2ccccc2c(=O)c1CN(C)C. The number of nitrogens with zero attached hydrogens (tertiary/aromatic N) is 1. The van der Waals surface area contributed by atoms with Crippen LogP contribution < -0.4 is 5.43 Å². The standard InChI is InChI=1S/C21H32N2O/c1-4-5-6-7-8-9-10-14-20-18(16-23(2)3)21(24)17-13-11-12-15-19(17)22-20/h11-13,15H,4-10,14,16H2,1-3H3,(H,22,24). The first-order valence-corrected chi connectivity index (χ1v) is 9.41. The summed E-state index contributed by atoms with van der Waals surface area (Å²) in [7, 11) is 4.04. The van der Waals surface area contributed by atoms with Gasteiger partial charge >= 0.3 is 0 Å². The van der Waals surface area contributed by atoms with Crippen LogP contribution in [0.15, 0.2) is 29.1 Å². The van der Waals surface area contributed by atoms with Crippen molar-refractivity contribution in [2.24, 2.45) is 0 Å². The number of aromatic nitrogens is 1. The van der Waals surface area contributed by atoms with Crippen LogP contribution in [-0.4, -0.2) is 24.0 Å². The van der Waals surface area contributed by atoms with E-state index in [0.29, 0.717) is 6.54 Å². The largest absolute Gasteiger partial charge is 0.358 e. The Labute approximate surface area is 146 Å². The third-order valence-electron chi connectivity index (χ3n) is 4.60. The molecule has 0 aliphatic heterocycles. The highest BCUT2D eigenvalue weighted by Gasteiger charge is 2.12. The van der Waals surface area contributed by atoms with Crippen LogP contribution in [0.25, 0.3) is 10.9 Å². The molecule has 3 nitrogen and oxygen atoms in total. The third kappa shape index (κ3) is 5.20. The topological polar surface area (TPSA) is 36.1 Å². The fourth-order valence-corrected chi connectivity index (χ4v) is 3.28. The highest BCUT2D eigenvalue weighted by molar-refractivity contribution is 5.79. The smallest absolute Gasteiger partial charge is 0.194 e. The van der Waals surface area contributed by atoms with Gasteiger partial charge in [-0.1, -0.05) is 57.6 Å². The number of benzene rings is 1. The summed E-state index contributed by atoms with van der Waals surface area (Å²) in [5.74, 6) is 0. The van der Waals surface area contributed by atoms with Gasteiger partial charge in [0.05, 0.1) is 0 Å². The molecule has 132 valence electrons. The van der Waals surface area contributed by atoms with Crippen molar-refractivity contribution in [3.8, 4) is 0 Å². The molecule has 0 atom stereocenters. The van der Waals surface area contributed by atoms with Crippen LogP contribution in [0.4, 0.5) is 0 Å². The molecule has 0 aliphatic rings. The Morgan fingerprint density at radius 1 is 0.958 bits per heavy atom. The molecule has 24 heavy (non-hydrogen) atoms. The maximum absolute atomic E-state index is 12.8. The summed E-state index contributed by atoms with van der Waals surface area (Å²) in [5.41, 5.74) is 3.21. The predicted octanol–water partition coefficient (Wildman–Crippen LogP) is 4.88. The summed E-state index contributed by atoms with van der Waals surface area (Å²) in [4.78, 5) is 18.4. The first-order chi connectivity index (χ1) is 11.6. The molecule has 0 amide bonds. The van der Waals surface area contributed by atoms with Gasteiger partial charge < -0.3 is 9.88 Å². The maximum Gasteiger partial charge on any atom is 0.194 e. The van der Waals surface area contributed by atoms with Gasteiger partial charge in [-0.3, -0.25) is 4.79 Å². The molecule has 2 rings (SSSR count). The number of hydrogen-bond acceptors (Lipinski definition) is 2. The second kappa shape index (κ2) is 9.63. The van der Waals surface area contributed by atoms with E-state index in [9.17, 15) is 4.79 Å². The molecular formula is C21H32N2O. The van der Waals surface area contributed by atoms with Crippen LogP contribution in [0.5, 0.6) is 0 Å². The Balaban J connectivity index is 2.08. The molecule has 0 saturated heterocycles. The number of aryl methyl sites for hydroxylation is 1. The van der Waals surface area contributed by atoms with E-state index in [-0.39, 0.29) is 5.43 Å². The molecule has 1 N–H and O–H groups in total. The number of aromatic amines is 1. The molecule has 0 unspecified atom stereocenters. The van der Waals surface area contributed by atoms with Gasteiger partial charge in [0.25, 0.3) is 0 Å². The quantitative estimate of drug-likeness (QED) is 0.631. The molecule has 0 spiro atoms. The summed E-state index contributed by atoms with van der Waals surface area (Å²) >= 11 is 0. The molecule has 0 radical (unpaired) electrons. The Kier molecular flexibility index (Phi) is 7.51. The number of fused-ring (bicyclic) bond motifs is 1. The average Bonchev–Trinajstić information content (AvgIpc) is 2.57. The van der Waals surface area contributed by atoms with Crippen LogP contribution >= 0.6 is 0 Å². The van der Waals surface area contributed by atoms with Gasteiger partial charge in [-0.25, -0.2) is 0 Å². The van der Waals surface area contributed by atoms with Crippen molar-refractivity contribution >= 4 is 10.9 Å². The van der Waals surface area contributed by atoms with Crippen molar-refractivity contribution in [1.29, 1.82) is 0 Å². The lowest BCUT2D eigenvalue weighted by Crippen LogP contribution is -2.22. The Hall–Kier alpha value is -1.61. The zero-order valence-electron chi connectivity index (χ0n) is 15.5. The monoisotopic (exact) mass is 328 g/mol. The van der Waals surface area contributed by atoms with Crippen molar-refractivity contribution in [3.63, 3.8) is 0 Å². The van der Waals surface area contributed by atoms with E-state index in [2.05, 4.69) is 16.8 Å². The number of H-pyrrole nitrogens is 1. The lowest BCUT2D eigenvalue weighted by atomic mass is 10.0. The number of para-hydroxylation sites is 1. The summed E-state index contributed by atoms with van der Waals surface area (Å²) in [6.45, 7) is 2.95. The minimum atomic E-state index is 0.191. The zero-order chi connectivity index (χ0) is 17.4. The Bertz CT molecular complexity index is 688. The second-order valence-corrected chi connectivity index (χ2v) is 7.07. The lowest BCUT2D eigenvalue weighted by Gasteiger charge is -2.15. The Morgan fingerprint density at radius 3 is 2.33 bits per heavy atom. The minimum absolute atomic E-state index is 0.191. The fraction of sp³-hybridized carbons (Fsp3) is 0.571. The van der Waals surface area contributed by atoms with Gasteiger partial charge in [0, 0.05) is 28.7 Å². The predicted molar refractivity (Wildman–Crippen MR) is 104 cm³/mol. The van der Waals surface area contributed by atoms with E-state index in [0.717, 1.165) is 35.0 Å². The number of nitrogens with one attached hydrogen (secondary N) is 1. The van der Waals surface area contributed by atoms with E-state index < -0.39 is 0 Å². The van der Waals surface area contributed by atoms with Crippen molar-refractivity contribution < 1.29 is 0 Å². The first kappa shape index (κ1) is 18.7. The van der Waals surface area contributed by atoms with Crippen molar-refractivity contribution in [2.75, 3.05) is 14.1 Å². The fourth-order valence-electron chi connectivity index (χ4n) is 3.28. The van der Waals surface area contributed by atoms with Gasteiger partial charge in [0.1, 0.15) is 0 Å². The van der Waals surface area contributed by atoms with E-state index in [4.69, 9.17) is 0 Å². The summed E-state index contributed by atoms with van der Waals surface area (Å²) in [6.07, 6.45) is 10.0. The number of rotatable bonds is 10. The molecule has 2 aromatic rings. The second-order valence-electron chi connectivity index (χ2n) is 7.07. The van der Waals surface area contributed by atoms with Gasteiger partial charge in [0.2, 0.25) is 0 Å².